The summed E-state index contributed by atoms with van der Waals surface area (Å²) in [6, 6.07) is 7.29. The van der Waals surface area contributed by atoms with E-state index in [0.29, 0.717) is 18.0 Å². The highest BCUT2D eigenvalue weighted by molar-refractivity contribution is 5.81. The van der Waals surface area contributed by atoms with Crippen LogP contribution in [0.2, 0.25) is 0 Å². The first-order valence-electron chi connectivity index (χ1n) is 6.48. The number of aromatic amines is 1. The normalized spacial score (nSPS) is 12.3. The monoisotopic (exact) mass is 285 g/mol. The van der Waals surface area contributed by atoms with Crippen molar-refractivity contribution in [3.63, 3.8) is 0 Å². The minimum atomic E-state index is -0.649. The Morgan fingerprint density at radius 1 is 1.24 bits per heavy atom. The van der Waals surface area contributed by atoms with Gasteiger partial charge >= 0.3 is 0 Å². The molecule has 0 spiro atoms. The topological polar surface area (TPSA) is 96.0 Å². The molecule has 1 atom stereocenters. The summed E-state index contributed by atoms with van der Waals surface area (Å²) >= 11 is 0. The van der Waals surface area contributed by atoms with Crippen LogP contribution in [0.15, 0.2) is 36.9 Å². The molecule has 0 aliphatic heterocycles. The average molecular weight is 285 g/mol. The van der Waals surface area contributed by atoms with Crippen LogP contribution in [0.3, 0.4) is 0 Å². The zero-order valence-corrected chi connectivity index (χ0v) is 11.4. The lowest BCUT2D eigenvalue weighted by molar-refractivity contribution is 0.191. The summed E-state index contributed by atoms with van der Waals surface area (Å²) < 4.78 is 5.09. The van der Waals surface area contributed by atoms with Crippen LogP contribution in [-0.4, -0.2) is 38.7 Å². The molecule has 2 heterocycles. The smallest absolute Gasteiger partial charge is 0.182 e. The Morgan fingerprint density at radius 2 is 2.05 bits per heavy atom. The van der Waals surface area contributed by atoms with Gasteiger partial charge in [0.2, 0.25) is 0 Å². The average Bonchev–Trinajstić information content (AvgIpc) is 3.02. The van der Waals surface area contributed by atoms with Crippen LogP contribution in [0.25, 0.3) is 11.2 Å². The van der Waals surface area contributed by atoms with E-state index in [1.165, 1.54) is 6.33 Å². The van der Waals surface area contributed by atoms with Crippen molar-refractivity contribution in [1.82, 2.24) is 19.9 Å². The Balaban J connectivity index is 1.70. The number of nitrogens with zero attached hydrogens (tertiary/aromatic N) is 3. The van der Waals surface area contributed by atoms with E-state index < -0.39 is 6.10 Å². The van der Waals surface area contributed by atoms with Crippen LogP contribution in [-0.2, 0) is 0 Å². The Morgan fingerprint density at radius 3 is 2.81 bits per heavy atom. The minimum Gasteiger partial charge on any atom is -0.497 e. The van der Waals surface area contributed by atoms with Gasteiger partial charge in [0, 0.05) is 6.54 Å². The molecule has 0 saturated carbocycles. The van der Waals surface area contributed by atoms with E-state index in [2.05, 4.69) is 25.3 Å². The van der Waals surface area contributed by atoms with Crippen LogP contribution in [0.5, 0.6) is 5.75 Å². The fraction of sp³-hybridized carbons (Fsp3) is 0.214. The largest absolute Gasteiger partial charge is 0.497 e. The molecule has 0 saturated heterocycles. The van der Waals surface area contributed by atoms with Gasteiger partial charge in [0.15, 0.2) is 11.5 Å². The predicted octanol–water partition coefficient (Wildman–Crippen LogP) is 1.51. The summed E-state index contributed by atoms with van der Waals surface area (Å²) in [5.41, 5.74) is 2.11. The van der Waals surface area contributed by atoms with Crippen molar-refractivity contribution in [2.24, 2.45) is 0 Å². The highest BCUT2D eigenvalue weighted by Crippen LogP contribution is 2.19. The van der Waals surface area contributed by atoms with Crippen molar-refractivity contribution in [2.45, 2.75) is 6.10 Å². The summed E-state index contributed by atoms with van der Waals surface area (Å²) in [6.07, 6.45) is 2.35. The third kappa shape index (κ3) is 2.77. The summed E-state index contributed by atoms with van der Waals surface area (Å²) in [6.45, 7) is 0.331. The van der Waals surface area contributed by atoms with E-state index in [4.69, 9.17) is 4.74 Å². The Bertz CT molecular complexity index is 726. The van der Waals surface area contributed by atoms with Crippen LogP contribution in [0.4, 0.5) is 5.82 Å². The first-order chi connectivity index (χ1) is 10.3. The lowest BCUT2D eigenvalue weighted by Gasteiger charge is -2.13. The molecule has 21 heavy (non-hydrogen) atoms. The van der Waals surface area contributed by atoms with Gasteiger partial charge in [-0.1, -0.05) is 12.1 Å². The molecule has 3 N–H and O–H groups in total. The molecule has 0 amide bonds. The lowest BCUT2D eigenvalue weighted by atomic mass is 10.1. The molecule has 2 aromatic heterocycles. The van der Waals surface area contributed by atoms with E-state index >= 15 is 0 Å². The molecule has 3 rings (SSSR count). The van der Waals surface area contributed by atoms with E-state index in [9.17, 15) is 5.11 Å². The van der Waals surface area contributed by atoms with Crippen LogP contribution in [0, 0.1) is 0 Å². The summed E-state index contributed by atoms with van der Waals surface area (Å²) in [5, 5.41) is 13.3. The van der Waals surface area contributed by atoms with E-state index in [0.717, 1.165) is 16.8 Å². The molecule has 0 bridgehead atoms. The number of imidazole rings is 1. The van der Waals surface area contributed by atoms with Gasteiger partial charge in [0.1, 0.15) is 17.6 Å². The van der Waals surface area contributed by atoms with Gasteiger partial charge < -0.3 is 20.1 Å². The van der Waals surface area contributed by atoms with Crippen LogP contribution >= 0.6 is 0 Å². The van der Waals surface area contributed by atoms with E-state index in [1.807, 2.05) is 24.3 Å². The van der Waals surface area contributed by atoms with Crippen LogP contribution < -0.4 is 10.1 Å². The SMILES string of the molecule is COc1ccc(C(O)CNc2ncnc3nc[nH]c23)cc1. The van der Waals surface area contributed by atoms with Crippen LogP contribution in [0.1, 0.15) is 11.7 Å². The number of ether oxygens (including phenoxy) is 1. The molecule has 1 aromatic carbocycles. The molecular formula is C14H15N5O2. The van der Waals surface area contributed by atoms with Crippen molar-refractivity contribution in [2.75, 3.05) is 19.0 Å². The number of methoxy groups -OCH3 is 1. The first kappa shape index (κ1) is 13.3. The Hall–Kier alpha value is -2.67. The van der Waals surface area contributed by atoms with Gasteiger partial charge in [-0.3, -0.25) is 0 Å². The molecule has 0 radical (unpaired) electrons. The fourth-order valence-electron chi connectivity index (χ4n) is 2.04. The Labute approximate surface area is 121 Å². The number of aliphatic hydroxyl groups is 1. The molecule has 0 aliphatic carbocycles. The molecule has 108 valence electrons. The number of hydrogen-bond donors (Lipinski definition) is 3. The van der Waals surface area contributed by atoms with E-state index in [-0.39, 0.29) is 0 Å². The molecule has 1 unspecified atom stereocenters. The van der Waals surface area contributed by atoms with Gasteiger partial charge in [-0.25, -0.2) is 15.0 Å². The standard InChI is InChI=1S/C14H15N5O2/c1-21-10-4-2-9(3-5-10)11(20)6-15-13-12-14(17-7-16-12)19-8-18-13/h2-5,7-8,11,20H,6H2,1H3,(H2,15,16,17,18,19). The van der Waals surface area contributed by atoms with Crippen molar-refractivity contribution in [1.29, 1.82) is 0 Å². The molecule has 0 aliphatic rings. The van der Waals surface area contributed by atoms with Gasteiger partial charge in [-0.2, -0.15) is 0 Å². The summed E-state index contributed by atoms with van der Waals surface area (Å²) in [4.78, 5) is 15.2. The van der Waals surface area contributed by atoms with E-state index in [1.54, 1.807) is 13.4 Å². The second-order valence-electron chi connectivity index (χ2n) is 4.49. The van der Waals surface area contributed by atoms with Gasteiger partial charge in [-0.15, -0.1) is 0 Å². The van der Waals surface area contributed by atoms with Gasteiger partial charge in [0.05, 0.1) is 19.5 Å². The molecule has 7 heteroatoms. The molecule has 0 fully saturated rings. The number of nitrogens with one attached hydrogen (secondary N) is 2. The quantitative estimate of drug-likeness (QED) is 0.657. The predicted molar refractivity (Wildman–Crippen MR) is 78.1 cm³/mol. The van der Waals surface area contributed by atoms with Crippen molar-refractivity contribution >= 4 is 17.0 Å². The number of fused-ring (bicyclic) bond motifs is 1. The summed E-state index contributed by atoms with van der Waals surface area (Å²) in [5.74, 6) is 1.37. The first-order valence-corrected chi connectivity index (χ1v) is 6.48. The number of anilines is 1. The zero-order valence-electron chi connectivity index (χ0n) is 11.4. The third-order valence-corrected chi connectivity index (χ3v) is 3.19. The zero-order chi connectivity index (χ0) is 14.7. The number of hydrogen-bond acceptors (Lipinski definition) is 6. The lowest BCUT2D eigenvalue weighted by Crippen LogP contribution is -2.13. The number of aliphatic hydroxyl groups excluding tert-OH is 1. The van der Waals surface area contributed by atoms with Gasteiger partial charge in [0.25, 0.3) is 0 Å². The molecule has 3 aromatic rings. The fourth-order valence-corrected chi connectivity index (χ4v) is 2.04. The maximum atomic E-state index is 10.2. The maximum Gasteiger partial charge on any atom is 0.182 e. The Kier molecular flexibility index (Phi) is 3.65. The number of H-pyrrole nitrogens is 1. The second kappa shape index (κ2) is 5.76. The van der Waals surface area contributed by atoms with Gasteiger partial charge in [-0.05, 0) is 17.7 Å². The number of benzene rings is 1. The number of rotatable bonds is 5. The molecule has 7 nitrogen and oxygen atoms in total. The van der Waals surface area contributed by atoms with Crippen molar-refractivity contribution < 1.29 is 9.84 Å². The second-order valence-corrected chi connectivity index (χ2v) is 4.49. The van der Waals surface area contributed by atoms with Crippen molar-refractivity contribution in [3.05, 3.63) is 42.5 Å². The minimum absolute atomic E-state index is 0.331. The maximum absolute atomic E-state index is 10.2. The van der Waals surface area contributed by atoms with Crippen molar-refractivity contribution in [3.8, 4) is 5.75 Å². The highest BCUT2D eigenvalue weighted by Gasteiger charge is 2.10. The summed E-state index contributed by atoms with van der Waals surface area (Å²) in [7, 11) is 1.61. The highest BCUT2D eigenvalue weighted by atomic mass is 16.5. The molecular weight excluding hydrogens is 270 g/mol. The third-order valence-electron chi connectivity index (χ3n) is 3.19. The number of aromatic nitrogens is 4.